The summed E-state index contributed by atoms with van der Waals surface area (Å²) in [5, 5.41) is 3.81. The van der Waals surface area contributed by atoms with Gasteiger partial charge in [0.15, 0.2) is 11.5 Å². The van der Waals surface area contributed by atoms with Crippen molar-refractivity contribution in [1.82, 2.24) is 10.2 Å². The highest BCUT2D eigenvalue weighted by molar-refractivity contribution is 6.32. The quantitative estimate of drug-likeness (QED) is 0.755. The van der Waals surface area contributed by atoms with Gasteiger partial charge in [0, 0.05) is 5.02 Å². The van der Waals surface area contributed by atoms with Gasteiger partial charge in [-0.05, 0) is 41.8 Å². The standard InChI is InChI=1S/C20H18Cl2N2O4/c1-2-20(13-3-5-14(21)6-4-13)18(25)24(19(26)23-20)11-12-9-15(22)17-16(10-12)27-7-8-28-17/h3-6,9-10H,2,7-8,11H2,1H3,(H,23,26). The van der Waals surface area contributed by atoms with Crippen molar-refractivity contribution < 1.29 is 19.1 Å². The lowest BCUT2D eigenvalue weighted by Crippen LogP contribution is -2.43. The number of amides is 3. The minimum atomic E-state index is -1.11. The van der Waals surface area contributed by atoms with Crippen molar-refractivity contribution in [2.24, 2.45) is 0 Å². The largest absolute Gasteiger partial charge is 0.486 e. The fourth-order valence-electron chi connectivity index (χ4n) is 3.58. The molecule has 0 radical (unpaired) electrons. The summed E-state index contributed by atoms with van der Waals surface area (Å²) >= 11 is 12.2. The molecule has 1 atom stereocenters. The fourth-order valence-corrected chi connectivity index (χ4v) is 4.00. The molecule has 4 rings (SSSR count). The van der Waals surface area contributed by atoms with Gasteiger partial charge in [-0.1, -0.05) is 42.3 Å². The Morgan fingerprint density at radius 3 is 2.54 bits per heavy atom. The van der Waals surface area contributed by atoms with Gasteiger partial charge in [0.25, 0.3) is 5.91 Å². The maximum atomic E-state index is 13.3. The Morgan fingerprint density at radius 1 is 1.11 bits per heavy atom. The third-order valence-electron chi connectivity index (χ3n) is 5.04. The number of imide groups is 1. The number of nitrogens with one attached hydrogen (secondary N) is 1. The third-order valence-corrected chi connectivity index (χ3v) is 5.57. The summed E-state index contributed by atoms with van der Waals surface area (Å²) < 4.78 is 11.1. The summed E-state index contributed by atoms with van der Waals surface area (Å²) in [7, 11) is 0. The minimum Gasteiger partial charge on any atom is -0.486 e. The Labute approximate surface area is 172 Å². The van der Waals surface area contributed by atoms with Crippen LogP contribution in [0.3, 0.4) is 0 Å². The third kappa shape index (κ3) is 3.06. The van der Waals surface area contributed by atoms with E-state index in [2.05, 4.69) is 5.32 Å². The van der Waals surface area contributed by atoms with E-state index < -0.39 is 11.6 Å². The Bertz CT molecular complexity index is 948. The maximum absolute atomic E-state index is 13.3. The molecule has 2 heterocycles. The minimum absolute atomic E-state index is 0.0797. The summed E-state index contributed by atoms with van der Waals surface area (Å²) in [6, 6.07) is 9.91. The number of hydrogen-bond acceptors (Lipinski definition) is 4. The maximum Gasteiger partial charge on any atom is 0.325 e. The zero-order valence-electron chi connectivity index (χ0n) is 15.1. The molecule has 0 aromatic heterocycles. The van der Waals surface area contributed by atoms with Crippen LogP contribution < -0.4 is 14.8 Å². The van der Waals surface area contributed by atoms with Crippen molar-refractivity contribution in [3.05, 3.63) is 57.6 Å². The first kappa shape index (κ1) is 18.9. The smallest absolute Gasteiger partial charge is 0.325 e. The zero-order chi connectivity index (χ0) is 19.9. The summed E-state index contributed by atoms with van der Waals surface area (Å²) in [6.45, 7) is 2.79. The SMILES string of the molecule is CCC1(c2ccc(Cl)cc2)NC(=O)N(Cc2cc(Cl)c3c(c2)OCCO3)C1=O. The van der Waals surface area contributed by atoms with Gasteiger partial charge in [-0.3, -0.25) is 9.69 Å². The molecule has 1 N–H and O–H groups in total. The molecule has 2 aromatic rings. The summed E-state index contributed by atoms with van der Waals surface area (Å²) in [5.74, 6) is 0.687. The lowest BCUT2D eigenvalue weighted by molar-refractivity contribution is -0.132. The van der Waals surface area contributed by atoms with Gasteiger partial charge in [-0.25, -0.2) is 4.79 Å². The molecule has 6 nitrogen and oxygen atoms in total. The van der Waals surface area contributed by atoms with Crippen molar-refractivity contribution in [2.45, 2.75) is 25.4 Å². The molecule has 28 heavy (non-hydrogen) atoms. The Balaban J connectivity index is 1.64. The monoisotopic (exact) mass is 420 g/mol. The molecule has 0 bridgehead atoms. The Hall–Kier alpha value is -2.44. The van der Waals surface area contributed by atoms with Gasteiger partial charge >= 0.3 is 6.03 Å². The van der Waals surface area contributed by atoms with Crippen molar-refractivity contribution in [1.29, 1.82) is 0 Å². The fraction of sp³-hybridized carbons (Fsp3) is 0.300. The lowest BCUT2D eigenvalue weighted by Gasteiger charge is -2.26. The van der Waals surface area contributed by atoms with E-state index in [4.69, 9.17) is 32.7 Å². The van der Waals surface area contributed by atoms with E-state index >= 15 is 0 Å². The molecule has 2 aliphatic heterocycles. The molecule has 0 aliphatic carbocycles. The van der Waals surface area contributed by atoms with Crippen LogP contribution in [0.5, 0.6) is 11.5 Å². The predicted molar refractivity (Wildman–Crippen MR) is 105 cm³/mol. The van der Waals surface area contributed by atoms with E-state index in [0.717, 1.165) is 0 Å². The number of carbonyl (C=O) groups excluding carboxylic acids is 2. The predicted octanol–water partition coefficient (Wildman–Crippen LogP) is 4.12. The van der Waals surface area contributed by atoms with Crippen LogP contribution in [0, 0.1) is 0 Å². The van der Waals surface area contributed by atoms with Crippen molar-refractivity contribution in [2.75, 3.05) is 13.2 Å². The number of nitrogens with zero attached hydrogens (tertiary/aromatic N) is 1. The number of benzene rings is 2. The van der Waals surface area contributed by atoms with Crippen LogP contribution in [0.15, 0.2) is 36.4 Å². The average molecular weight is 421 g/mol. The number of rotatable bonds is 4. The van der Waals surface area contributed by atoms with Crippen LogP contribution in [-0.2, 0) is 16.9 Å². The van der Waals surface area contributed by atoms with E-state index in [9.17, 15) is 9.59 Å². The van der Waals surface area contributed by atoms with Gasteiger partial charge in [-0.15, -0.1) is 0 Å². The highest BCUT2D eigenvalue weighted by Crippen LogP contribution is 2.39. The second-order valence-corrected chi connectivity index (χ2v) is 7.53. The van der Waals surface area contributed by atoms with Crippen LogP contribution in [0.1, 0.15) is 24.5 Å². The van der Waals surface area contributed by atoms with E-state index in [1.807, 2.05) is 6.92 Å². The van der Waals surface area contributed by atoms with Crippen LogP contribution in [-0.4, -0.2) is 30.1 Å². The van der Waals surface area contributed by atoms with E-state index in [1.165, 1.54) is 4.90 Å². The Kier molecular flexibility index (Phi) is 4.85. The number of fused-ring (bicyclic) bond motifs is 1. The molecule has 0 saturated carbocycles. The van der Waals surface area contributed by atoms with Crippen LogP contribution >= 0.6 is 23.2 Å². The van der Waals surface area contributed by atoms with Crippen LogP contribution in [0.2, 0.25) is 10.0 Å². The topological polar surface area (TPSA) is 67.9 Å². The molecule has 3 amide bonds. The molecular formula is C20H18Cl2N2O4. The molecule has 1 saturated heterocycles. The average Bonchev–Trinajstić information content (AvgIpc) is 2.94. The number of carbonyl (C=O) groups is 2. The first-order chi connectivity index (χ1) is 13.4. The summed E-state index contributed by atoms with van der Waals surface area (Å²) in [4.78, 5) is 27.1. The first-order valence-corrected chi connectivity index (χ1v) is 9.68. The highest BCUT2D eigenvalue weighted by atomic mass is 35.5. The molecule has 1 fully saturated rings. The molecule has 8 heteroatoms. The van der Waals surface area contributed by atoms with E-state index in [-0.39, 0.29) is 12.5 Å². The summed E-state index contributed by atoms with van der Waals surface area (Å²) in [6.07, 6.45) is 0.414. The van der Waals surface area contributed by atoms with Gasteiger partial charge in [0.1, 0.15) is 18.8 Å². The molecule has 0 spiro atoms. The molecule has 2 aliphatic rings. The van der Waals surface area contributed by atoms with Crippen molar-refractivity contribution in [3.63, 3.8) is 0 Å². The lowest BCUT2D eigenvalue weighted by atomic mass is 9.87. The molecule has 2 aromatic carbocycles. The number of halogens is 2. The van der Waals surface area contributed by atoms with Crippen molar-refractivity contribution >= 4 is 35.1 Å². The van der Waals surface area contributed by atoms with E-state index in [1.54, 1.807) is 36.4 Å². The highest BCUT2D eigenvalue weighted by Gasteiger charge is 2.51. The van der Waals surface area contributed by atoms with Gasteiger partial charge in [0.05, 0.1) is 11.6 Å². The van der Waals surface area contributed by atoms with Crippen molar-refractivity contribution in [3.8, 4) is 11.5 Å². The second kappa shape index (κ2) is 7.18. The van der Waals surface area contributed by atoms with Crippen LogP contribution in [0.4, 0.5) is 4.79 Å². The second-order valence-electron chi connectivity index (χ2n) is 6.69. The number of urea groups is 1. The molecular weight excluding hydrogens is 403 g/mol. The normalized spacial score (nSPS) is 21.0. The Morgan fingerprint density at radius 2 is 1.82 bits per heavy atom. The molecule has 1 unspecified atom stereocenters. The van der Waals surface area contributed by atoms with Gasteiger partial charge in [-0.2, -0.15) is 0 Å². The number of ether oxygens (including phenoxy) is 2. The number of hydrogen-bond donors (Lipinski definition) is 1. The van der Waals surface area contributed by atoms with Gasteiger partial charge < -0.3 is 14.8 Å². The summed E-state index contributed by atoms with van der Waals surface area (Å²) in [5.41, 5.74) is 0.264. The van der Waals surface area contributed by atoms with E-state index in [0.29, 0.717) is 52.3 Å². The zero-order valence-corrected chi connectivity index (χ0v) is 16.6. The first-order valence-electron chi connectivity index (χ1n) is 8.93. The van der Waals surface area contributed by atoms with Crippen LogP contribution in [0.25, 0.3) is 0 Å². The van der Waals surface area contributed by atoms with Gasteiger partial charge in [0.2, 0.25) is 0 Å². The molecule has 146 valence electrons.